The Kier molecular flexibility index (Phi) is 5.55. The molecule has 2 aromatic rings. The fraction of sp³-hybridized carbons (Fsp3) is 0.278. The summed E-state index contributed by atoms with van der Waals surface area (Å²) in [6.07, 6.45) is 0.177. The van der Waals surface area contributed by atoms with Crippen molar-refractivity contribution < 1.29 is 9.90 Å². The maximum absolute atomic E-state index is 12.2. The van der Waals surface area contributed by atoms with Crippen molar-refractivity contribution in [3.63, 3.8) is 0 Å². The Bertz CT molecular complexity index is 611. The minimum atomic E-state index is -0.422. The molecule has 2 unspecified atom stereocenters. The van der Waals surface area contributed by atoms with Gasteiger partial charge in [0, 0.05) is 23.7 Å². The lowest BCUT2D eigenvalue weighted by Gasteiger charge is -2.19. The van der Waals surface area contributed by atoms with Gasteiger partial charge in [-0.25, -0.2) is 0 Å². The van der Waals surface area contributed by atoms with Crippen LogP contribution in [0, 0.1) is 0 Å². The van der Waals surface area contributed by atoms with Crippen molar-refractivity contribution in [2.75, 3.05) is 12.3 Å². The molecular weight excluding hydrogens is 276 g/mol. The minimum absolute atomic E-state index is 0.0752. The van der Waals surface area contributed by atoms with Crippen LogP contribution < -0.4 is 11.1 Å². The first-order valence-corrected chi connectivity index (χ1v) is 7.43. The van der Waals surface area contributed by atoms with E-state index in [-0.39, 0.29) is 11.8 Å². The van der Waals surface area contributed by atoms with Crippen LogP contribution in [-0.4, -0.2) is 23.7 Å². The number of nitrogen functional groups attached to an aromatic ring is 1. The quantitative estimate of drug-likeness (QED) is 0.717. The third-order valence-corrected chi connectivity index (χ3v) is 3.55. The predicted molar refractivity (Wildman–Crippen MR) is 88.7 cm³/mol. The molecule has 2 rings (SSSR count). The number of hydrogen-bond acceptors (Lipinski definition) is 3. The van der Waals surface area contributed by atoms with Crippen molar-refractivity contribution in [3.05, 3.63) is 65.7 Å². The lowest BCUT2D eigenvalue weighted by atomic mass is 9.93. The predicted octanol–water partition coefficient (Wildman–Crippen LogP) is 2.55. The van der Waals surface area contributed by atoms with Gasteiger partial charge in [-0.15, -0.1) is 0 Å². The van der Waals surface area contributed by atoms with Gasteiger partial charge < -0.3 is 16.2 Å². The van der Waals surface area contributed by atoms with Crippen LogP contribution in [0.5, 0.6) is 0 Å². The van der Waals surface area contributed by atoms with E-state index in [1.54, 1.807) is 31.2 Å². The number of nitrogens with two attached hydrogens (primary N) is 1. The number of rotatable bonds is 6. The van der Waals surface area contributed by atoms with E-state index in [4.69, 9.17) is 5.73 Å². The van der Waals surface area contributed by atoms with Gasteiger partial charge in [0.15, 0.2) is 0 Å². The number of anilines is 1. The molecule has 2 aromatic carbocycles. The molecule has 4 N–H and O–H groups in total. The fourth-order valence-electron chi connectivity index (χ4n) is 2.47. The largest absolute Gasteiger partial charge is 0.399 e. The third-order valence-electron chi connectivity index (χ3n) is 3.55. The molecule has 0 saturated carbocycles. The Labute approximate surface area is 131 Å². The highest BCUT2D eigenvalue weighted by Gasteiger charge is 2.16. The van der Waals surface area contributed by atoms with Crippen molar-refractivity contribution in [2.24, 2.45) is 0 Å². The molecule has 0 radical (unpaired) electrons. The zero-order chi connectivity index (χ0) is 15.9. The van der Waals surface area contributed by atoms with E-state index in [1.165, 1.54) is 0 Å². The zero-order valence-electron chi connectivity index (χ0n) is 12.7. The van der Waals surface area contributed by atoms with E-state index < -0.39 is 6.10 Å². The summed E-state index contributed by atoms with van der Waals surface area (Å²) in [5.74, 6) is -0.0787. The van der Waals surface area contributed by atoms with E-state index in [0.717, 1.165) is 5.56 Å². The van der Waals surface area contributed by atoms with Gasteiger partial charge in [0.25, 0.3) is 5.91 Å². The molecule has 0 aliphatic carbocycles. The number of carbonyl (C=O) groups is 1. The molecule has 4 heteroatoms. The molecule has 0 fully saturated rings. The second-order valence-corrected chi connectivity index (χ2v) is 5.53. The molecular formula is C18H22N2O2. The van der Waals surface area contributed by atoms with Crippen LogP contribution in [-0.2, 0) is 0 Å². The van der Waals surface area contributed by atoms with Crippen molar-refractivity contribution >= 4 is 11.6 Å². The average Bonchev–Trinajstić information content (AvgIpc) is 2.51. The molecule has 116 valence electrons. The maximum Gasteiger partial charge on any atom is 0.251 e. The molecule has 0 bridgehead atoms. The number of hydrogen-bond donors (Lipinski definition) is 3. The molecule has 0 aromatic heterocycles. The van der Waals surface area contributed by atoms with Gasteiger partial charge in [0.05, 0.1) is 6.10 Å². The van der Waals surface area contributed by atoms with Crippen molar-refractivity contribution in [3.8, 4) is 0 Å². The highest BCUT2D eigenvalue weighted by molar-refractivity contribution is 5.95. The first kappa shape index (κ1) is 16.0. The average molecular weight is 298 g/mol. The molecule has 0 spiro atoms. The smallest absolute Gasteiger partial charge is 0.251 e. The molecule has 2 atom stereocenters. The highest BCUT2D eigenvalue weighted by Crippen LogP contribution is 2.20. The van der Waals surface area contributed by atoms with Gasteiger partial charge in [-0.3, -0.25) is 4.79 Å². The topological polar surface area (TPSA) is 75.3 Å². The standard InChI is InChI=1S/C18H22N2O2/c1-13(21)10-16(14-6-3-2-4-7-14)12-20-18(22)15-8-5-9-17(19)11-15/h2-9,11,13,16,21H,10,12,19H2,1H3,(H,20,22). The third kappa shape index (κ3) is 4.60. The van der Waals surface area contributed by atoms with Crippen LogP contribution >= 0.6 is 0 Å². The fourth-order valence-corrected chi connectivity index (χ4v) is 2.47. The van der Waals surface area contributed by atoms with E-state index in [0.29, 0.717) is 24.2 Å². The summed E-state index contributed by atoms with van der Waals surface area (Å²) in [4.78, 5) is 12.2. The van der Waals surface area contributed by atoms with Crippen LogP contribution in [0.15, 0.2) is 54.6 Å². The number of benzene rings is 2. The van der Waals surface area contributed by atoms with Gasteiger partial charge >= 0.3 is 0 Å². The number of aliphatic hydroxyl groups is 1. The van der Waals surface area contributed by atoms with Gasteiger partial charge in [0.1, 0.15) is 0 Å². The van der Waals surface area contributed by atoms with Crippen molar-refractivity contribution in [1.29, 1.82) is 0 Å². The number of nitrogens with one attached hydrogen (secondary N) is 1. The van der Waals surface area contributed by atoms with Gasteiger partial charge in [-0.05, 0) is 37.1 Å². The van der Waals surface area contributed by atoms with E-state index in [1.807, 2.05) is 30.3 Å². The van der Waals surface area contributed by atoms with Crippen LogP contribution in [0.25, 0.3) is 0 Å². The Balaban J connectivity index is 2.03. The lowest BCUT2D eigenvalue weighted by Crippen LogP contribution is -2.29. The molecule has 4 nitrogen and oxygen atoms in total. The first-order valence-electron chi connectivity index (χ1n) is 7.43. The molecule has 1 amide bonds. The van der Waals surface area contributed by atoms with Crippen molar-refractivity contribution in [2.45, 2.75) is 25.4 Å². The van der Waals surface area contributed by atoms with Crippen LogP contribution in [0.2, 0.25) is 0 Å². The molecule has 0 aliphatic heterocycles. The maximum atomic E-state index is 12.2. The Morgan fingerprint density at radius 2 is 1.91 bits per heavy atom. The molecule has 0 aliphatic rings. The molecule has 0 saturated heterocycles. The summed E-state index contributed by atoms with van der Waals surface area (Å²) in [5.41, 5.74) is 7.92. The molecule has 0 heterocycles. The van der Waals surface area contributed by atoms with Gasteiger partial charge in [-0.1, -0.05) is 36.4 Å². The van der Waals surface area contributed by atoms with Crippen molar-refractivity contribution in [1.82, 2.24) is 5.32 Å². The molecule has 22 heavy (non-hydrogen) atoms. The summed E-state index contributed by atoms with van der Waals surface area (Å²) in [5, 5.41) is 12.6. The Morgan fingerprint density at radius 3 is 2.55 bits per heavy atom. The Hall–Kier alpha value is -2.33. The number of amides is 1. The summed E-state index contributed by atoms with van der Waals surface area (Å²) in [7, 11) is 0. The lowest BCUT2D eigenvalue weighted by molar-refractivity contribution is 0.0945. The van der Waals surface area contributed by atoms with Crippen LogP contribution in [0.1, 0.15) is 35.2 Å². The monoisotopic (exact) mass is 298 g/mol. The van der Waals surface area contributed by atoms with Gasteiger partial charge in [0.2, 0.25) is 0 Å². The van der Waals surface area contributed by atoms with E-state index >= 15 is 0 Å². The number of aliphatic hydroxyl groups excluding tert-OH is 1. The zero-order valence-corrected chi connectivity index (χ0v) is 12.7. The normalized spacial score (nSPS) is 13.4. The van der Waals surface area contributed by atoms with Gasteiger partial charge in [-0.2, -0.15) is 0 Å². The number of carbonyl (C=O) groups excluding carboxylic acids is 1. The second-order valence-electron chi connectivity index (χ2n) is 5.53. The summed E-state index contributed by atoms with van der Waals surface area (Å²) >= 11 is 0. The van der Waals surface area contributed by atoms with E-state index in [9.17, 15) is 9.90 Å². The summed E-state index contributed by atoms with van der Waals surface area (Å²) < 4.78 is 0. The SMILES string of the molecule is CC(O)CC(CNC(=O)c1cccc(N)c1)c1ccccc1. The summed E-state index contributed by atoms with van der Waals surface area (Å²) in [6, 6.07) is 16.8. The first-order chi connectivity index (χ1) is 10.6. The Morgan fingerprint density at radius 1 is 1.18 bits per heavy atom. The minimum Gasteiger partial charge on any atom is -0.399 e. The van der Waals surface area contributed by atoms with Crippen LogP contribution in [0.3, 0.4) is 0 Å². The van der Waals surface area contributed by atoms with Crippen LogP contribution in [0.4, 0.5) is 5.69 Å². The summed E-state index contributed by atoms with van der Waals surface area (Å²) in [6.45, 7) is 2.23. The second kappa shape index (κ2) is 7.61. The van der Waals surface area contributed by atoms with E-state index in [2.05, 4.69) is 5.32 Å². The highest BCUT2D eigenvalue weighted by atomic mass is 16.3.